The molecule has 3 aromatic rings. The third kappa shape index (κ3) is 3.64. The molecule has 37 heavy (non-hydrogen) atoms. The summed E-state index contributed by atoms with van der Waals surface area (Å²) in [5.74, 6) is -1.44. The van der Waals surface area contributed by atoms with Crippen molar-refractivity contribution in [2.75, 3.05) is 11.2 Å². The summed E-state index contributed by atoms with van der Waals surface area (Å²) in [6.45, 7) is 0. The van der Waals surface area contributed by atoms with E-state index >= 15 is 4.39 Å². The van der Waals surface area contributed by atoms with Crippen LogP contribution in [0.1, 0.15) is 29.2 Å². The molecule has 0 spiro atoms. The molecule has 0 amide bonds. The third-order valence-electron chi connectivity index (χ3n) is 7.09. The Hall–Kier alpha value is -3.99. The molecular weight excluding hydrogens is 500 g/mol. The summed E-state index contributed by atoms with van der Waals surface area (Å²) in [5.41, 5.74) is 2.92. The van der Waals surface area contributed by atoms with Crippen molar-refractivity contribution < 1.29 is 17.2 Å². The number of aryl methyl sites for hydroxylation is 2. The molecule has 0 fully saturated rings. The van der Waals surface area contributed by atoms with E-state index in [0.29, 0.717) is 28.8 Å². The van der Waals surface area contributed by atoms with Gasteiger partial charge in [-0.05, 0) is 36.3 Å². The highest BCUT2D eigenvalue weighted by molar-refractivity contribution is 8.00. The van der Waals surface area contributed by atoms with Crippen LogP contribution in [0.4, 0.5) is 14.5 Å². The topological polar surface area (TPSA) is 89.2 Å². The van der Waals surface area contributed by atoms with E-state index in [9.17, 15) is 17.6 Å². The van der Waals surface area contributed by atoms with Gasteiger partial charge in [-0.15, -0.1) is 0 Å². The second kappa shape index (κ2) is 8.01. The van der Waals surface area contributed by atoms with Crippen LogP contribution in [0.2, 0.25) is 0 Å². The highest BCUT2D eigenvalue weighted by Gasteiger charge is 2.43. The monoisotopic (exact) mass is 523 g/mol. The van der Waals surface area contributed by atoms with Crippen LogP contribution in [-0.2, 0) is 23.9 Å². The van der Waals surface area contributed by atoms with Crippen LogP contribution in [-0.4, -0.2) is 35.1 Å². The van der Waals surface area contributed by atoms with Crippen molar-refractivity contribution in [1.82, 2.24) is 19.7 Å². The summed E-state index contributed by atoms with van der Waals surface area (Å²) in [4.78, 5) is 15.2. The quantitative estimate of drug-likeness (QED) is 0.568. The summed E-state index contributed by atoms with van der Waals surface area (Å²) >= 11 is 0. The van der Waals surface area contributed by atoms with Gasteiger partial charge in [0.15, 0.2) is 9.84 Å². The zero-order valence-corrected chi connectivity index (χ0v) is 21.1. The molecule has 190 valence electrons. The number of benzene rings is 1. The van der Waals surface area contributed by atoms with Gasteiger partial charge in [0.25, 0.3) is 5.56 Å². The number of anilines is 1. The molecule has 11 heteroatoms. The zero-order chi connectivity index (χ0) is 26.2. The van der Waals surface area contributed by atoms with Gasteiger partial charge in [-0.3, -0.25) is 9.48 Å². The van der Waals surface area contributed by atoms with Crippen molar-refractivity contribution in [3.63, 3.8) is 0 Å². The van der Waals surface area contributed by atoms with E-state index in [0.717, 1.165) is 17.9 Å². The Kier molecular flexibility index (Phi) is 5.07. The van der Waals surface area contributed by atoms with Gasteiger partial charge in [0.1, 0.15) is 11.6 Å². The molecule has 6 rings (SSSR count). The second-order valence-electron chi connectivity index (χ2n) is 9.57. The van der Waals surface area contributed by atoms with Gasteiger partial charge in [-0.25, -0.2) is 17.2 Å². The van der Waals surface area contributed by atoms with Gasteiger partial charge in [0.05, 0.1) is 40.1 Å². The van der Waals surface area contributed by atoms with Crippen LogP contribution < -0.4 is 15.8 Å². The molecule has 0 saturated heterocycles. The standard InChI is InChI=1S/C26H23F2N5O3S/c1-31-7-6-17-22(37(3,35)36)8-14-13-33(20-5-4-16(27)9-18(20)28)21-10-19(15-11-29-32(2)12-15)30-25(23(14)21)24(17)26(31)34/h4-9,11-13,19,21,30H,10H2,1-3H3. The maximum Gasteiger partial charge on any atom is 0.260 e. The maximum absolute atomic E-state index is 15.0. The normalized spacial score (nSPS) is 20.6. The smallest absolute Gasteiger partial charge is 0.260 e. The van der Waals surface area contributed by atoms with E-state index in [2.05, 4.69) is 10.4 Å². The molecule has 1 N–H and O–H groups in total. The fourth-order valence-corrected chi connectivity index (χ4v) is 6.32. The van der Waals surface area contributed by atoms with Crippen LogP contribution in [0.15, 0.2) is 71.1 Å². The van der Waals surface area contributed by atoms with Gasteiger partial charge in [-0.1, -0.05) is 0 Å². The first kappa shape index (κ1) is 23.4. The maximum atomic E-state index is 15.0. The second-order valence-corrected chi connectivity index (χ2v) is 11.6. The van der Waals surface area contributed by atoms with Crippen molar-refractivity contribution in [2.24, 2.45) is 14.1 Å². The number of rotatable bonds is 3. The Bertz CT molecular complexity index is 1750. The number of sulfone groups is 1. The SMILES string of the molecule is Cn1cc(C2CC3C4=C(N2)c2c(ccn(C)c2=O)C(S(C)(=O)=O)=CC4=CN3c2ccc(F)cc2F)cn1. The predicted molar refractivity (Wildman–Crippen MR) is 136 cm³/mol. The van der Waals surface area contributed by atoms with E-state index in [4.69, 9.17) is 0 Å². The highest BCUT2D eigenvalue weighted by atomic mass is 32.2. The zero-order valence-electron chi connectivity index (χ0n) is 20.2. The molecule has 2 aliphatic heterocycles. The lowest BCUT2D eigenvalue weighted by molar-refractivity contribution is 0.505. The van der Waals surface area contributed by atoms with E-state index < -0.39 is 27.5 Å². The van der Waals surface area contributed by atoms with Gasteiger partial charge in [0.2, 0.25) is 0 Å². The van der Waals surface area contributed by atoms with Crippen LogP contribution in [0.5, 0.6) is 0 Å². The lowest BCUT2D eigenvalue weighted by Gasteiger charge is -2.37. The van der Waals surface area contributed by atoms with Crippen LogP contribution in [0, 0.1) is 11.6 Å². The fraction of sp³-hybridized carbons (Fsp3) is 0.231. The number of hydrogen-bond acceptors (Lipinski definition) is 6. The molecule has 2 aromatic heterocycles. The first-order valence-corrected chi connectivity index (χ1v) is 13.5. The Morgan fingerprint density at radius 3 is 2.62 bits per heavy atom. The van der Waals surface area contributed by atoms with Crippen molar-refractivity contribution in [1.29, 1.82) is 0 Å². The van der Waals surface area contributed by atoms with Gasteiger partial charge in [-0.2, -0.15) is 5.10 Å². The lowest BCUT2D eigenvalue weighted by Crippen LogP contribution is -2.40. The summed E-state index contributed by atoms with van der Waals surface area (Å²) < 4.78 is 57.7. The average Bonchev–Trinajstić information content (AvgIpc) is 3.38. The average molecular weight is 524 g/mol. The van der Waals surface area contributed by atoms with E-state index in [-0.39, 0.29) is 27.8 Å². The summed E-state index contributed by atoms with van der Waals surface area (Å²) in [5, 5.41) is 7.76. The molecule has 0 radical (unpaired) electrons. The molecule has 3 aliphatic rings. The molecule has 1 aromatic carbocycles. The lowest BCUT2D eigenvalue weighted by atomic mass is 9.86. The van der Waals surface area contributed by atoms with Gasteiger partial charge < -0.3 is 14.8 Å². The third-order valence-corrected chi connectivity index (χ3v) is 8.23. The van der Waals surface area contributed by atoms with Crippen molar-refractivity contribution >= 4 is 26.1 Å². The highest BCUT2D eigenvalue weighted by Crippen LogP contribution is 2.48. The first-order chi connectivity index (χ1) is 17.5. The molecule has 0 saturated carbocycles. The first-order valence-electron chi connectivity index (χ1n) is 11.6. The van der Waals surface area contributed by atoms with Gasteiger partial charge >= 0.3 is 0 Å². The molecule has 0 bridgehead atoms. The summed E-state index contributed by atoms with van der Waals surface area (Å²) in [6, 6.07) is 4.23. The number of nitrogens with one attached hydrogen (secondary N) is 1. The van der Waals surface area contributed by atoms with Crippen molar-refractivity contribution in [2.45, 2.75) is 18.5 Å². The Morgan fingerprint density at radius 2 is 1.95 bits per heavy atom. The minimum Gasteiger partial charge on any atom is -0.377 e. The van der Waals surface area contributed by atoms with Gasteiger partial charge in [0, 0.05) is 61.7 Å². The minimum atomic E-state index is -3.76. The van der Waals surface area contributed by atoms with Crippen LogP contribution in [0.25, 0.3) is 10.6 Å². The predicted octanol–water partition coefficient (Wildman–Crippen LogP) is 3.01. The van der Waals surface area contributed by atoms with E-state index in [1.165, 1.54) is 22.8 Å². The Labute approximate surface area is 211 Å². The number of nitrogens with zero attached hydrogens (tertiary/aromatic N) is 4. The largest absolute Gasteiger partial charge is 0.377 e. The van der Waals surface area contributed by atoms with Crippen molar-refractivity contribution in [3.05, 3.63) is 105 Å². The molecule has 8 nitrogen and oxygen atoms in total. The molecule has 1 aliphatic carbocycles. The molecule has 4 heterocycles. The Balaban J connectivity index is 1.66. The fourth-order valence-electron chi connectivity index (χ4n) is 5.41. The summed E-state index contributed by atoms with van der Waals surface area (Å²) in [6.07, 6.45) is 9.89. The molecular formula is C26H23F2N5O3S. The number of hydrogen-bond donors (Lipinski definition) is 1. The molecule has 2 atom stereocenters. The number of allylic oxidation sites excluding steroid dienone is 1. The number of halogens is 2. The van der Waals surface area contributed by atoms with Crippen LogP contribution in [0.3, 0.4) is 0 Å². The minimum absolute atomic E-state index is 0.000700. The summed E-state index contributed by atoms with van der Waals surface area (Å²) in [7, 11) is -0.354. The molecule has 2 unspecified atom stereocenters. The van der Waals surface area contributed by atoms with E-state index in [1.54, 1.807) is 48.3 Å². The number of fused-ring (bicyclic) bond motifs is 2. The number of pyridine rings is 1. The number of aromatic nitrogens is 3. The van der Waals surface area contributed by atoms with Crippen molar-refractivity contribution in [3.8, 4) is 0 Å². The Morgan fingerprint density at radius 1 is 1.16 bits per heavy atom. The van der Waals surface area contributed by atoms with Crippen LogP contribution >= 0.6 is 0 Å². The van der Waals surface area contributed by atoms with E-state index in [1.807, 2.05) is 6.20 Å².